The van der Waals surface area contributed by atoms with E-state index in [0.29, 0.717) is 0 Å². The fourth-order valence-corrected chi connectivity index (χ4v) is 0.589. The second kappa shape index (κ2) is 3.68. The summed E-state index contributed by atoms with van der Waals surface area (Å²) in [6.07, 6.45) is -1.39. The summed E-state index contributed by atoms with van der Waals surface area (Å²) in [7, 11) is 0. The molecule has 3 nitrogen and oxygen atoms in total. The molecule has 0 fully saturated rings. The molecule has 0 bridgehead atoms. The first-order valence-electron chi connectivity index (χ1n) is 3.97. The second-order valence-corrected chi connectivity index (χ2v) is 4.06. The van der Waals surface area contributed by atoms with Crippen LogP contribution in [0.1, 0.15) is 27.7 Å². The lowest BCUT2D eigenvalue weighted by Gasteiger charge is -2.26. The maximum Gasteiger partial charge on any atom is 0.141 e. The van der Waals surface area contributed by atoms with Gasteiger partial charge in [0.25, 0.3) is 0 Å². The quantitative estimate of drug-likeness (QED) is 0.548. The average Bonchev–Trinajstić information content (AvgIpc) is 1.78. The van der Waals surface area contributed by atoms with E-state index < -0.39 is 17.5 Å². The molecule has 0 amide bonds. The van der Waals surface area contributed by atoms with Crippen LogP contribution in [-0.2, 0) is 0 Å². The second-order valence-electron chi connectivity index (χ2n) is 4.06. The van der Waals surface area contributed by atoms with Crippen molar-refractivity contribution < 1.29 is 14.6 Å². The van der Waals surface area contributed by atoms with Crippen LogP contribution < -0.4 is 5.32 Å². The highest BCUT2D eigenvalue weighted by Crippen LogP contribution is 2.11. The van der Waals surface area contributed by atoms with Crippen molar-refractivity contribution in [1.29, 1.82) is 0 Å². The van der Waals surface area contributed by atoms with E-state index in [-0.39, 0.29) is 6.54 Å². The van der Waals surface area contributed by atoms with E-state index in [1.54, 1.807) is 0 Å². The molecule has 0 rings (SSSR count). The zero-order chi connectivity index (χ0) is 9.99. The fraction of sp³-hybridized carbons (Fsp3) is 1.00. The minimum Gasteiger partial charge on any atom is -0.387 e. The Morgan fingerprint density at radius 1 is 1.25 bits per heavy atom. The van der Waals surface area contributed by atoms with Gasteiger partial charge in [-0.25, -0.2) is 4.39 Å². The lowest BCUT2D eigenvalue weighted by molar-refractivity contribution is -0.0220. The van der Waals surface area contributed by atoms with Crippen LogP contribution in [0.4, 0.5) is 4.39 Å². The van der Waals surface area contributed by atoms with Gasteiger partial charge in [0.05, 0.1) is 5.60 Å². The Hall–Kier alpha value is -0.190. The molecule has 1 unspecified atom stereocenters. The van der Waals surface area contributed by atoms with Crippen LogP contribution in [0, 0.1) is 0 Å². The normalized spacial score (nSPS) is 16.2. The van der Waals surface area contributed by atoms with Crippen LogP contribution in [0.25, 0.3) is 0 Å². The molecule has 0 aromatic rings. The SMILES string of the molecule is CC(C)(O)NCC(F)C(C)(C)O. The van der Waals surface area contributed by atoms with Gasteiger partial charge in [-0.1, -0.05) is 0 Å². The van der Waals surface area contributed by atoms with E-state index >= 15 is 0 Å². The van der Waals surface area contributed by atoms with Crippen LogP contribution in [0.5, 0.6) is 0 Å². The molecule has 0 aromatic carbocycles. The van der Waals surface area contributed by atoms with E-state index in [2.05, 4.69) is 5.32 Å². The lowest BCUT2D eigenvalue weighted by Crippen LogP contribution is -2.47. The monoisotopic (exact) mass is 179 g/mol. The Morgan fingerprint density at radius 2 is 1.67 bits per heavy atom. The van der Waals surface area contributed by atoms with E-state index in [1.165, 1.54) is 27.7 Å². The Morgan fingerprint density at radius 3 is 1.92 bits per heavy atom. The van der Waals surface area contributed by atoms with E-state index in [0.717, 1.165) is 0 Å². The highest BCUT2D eigenvalue weighted by Gasteiger charge is 2.27. The smallest absolute Gasteiger partial charge is 0.141 e. The maximum atomic E-state index is 13.0. The Labute approximate surface area is 72.6 Å². The van der Waals surface area contributed by atoms with Gasteiger partial charge in [-0.3, -0.25) is 5.32 Å². The molecule has 0 saturated carbocycles. The summed E-state index contributed by atoms with van der Waals surface area (Å²) in [5.74, 6) is 0. The third-order valence-corrected chi connectivity index (χ3v) is 1.48. The molecule has 0 aliphatic carbocycles. The van der Waals surface area contributed by atoms with E-state index in [4.69, 9.17) is 0 Å². The summed E-state index contributed by atoms with van der Waals surface area (Å²) in [4.78, 5) is 0. The summed E-state index contributed by atoms with van der Waals surface area (Å²) in [6, 6.07) is 0. The van der Waals surface area contributed by atoms with Gasteiger partial charge < -0.3 is 10.2 Å². The summed E-state index contributed by atoms with van der Waals surface area (Å²) in [5.41, 5.74) is -2.46. The van der Waals surface area contributed by atoms with Crippen LogP contribution >= 0.6 is 0 Å². The van der Waals surface area contributed by atoms with Gasteiger partial charge in [0, 0.05) is 6.54 Å². The molecule has 0 aliphatic heterocycles. The fourth-order valence-electron chi connectivity index (χ4n) is 0.589. The van der Waals surface area contributed by atoms with Crippen molar-refractivity contribution in [3.05, 3.63) is 0 Å². The largest absolute Gasteiger partial charge is 0.387 e. The lowest BCUT2D eigenvalue weighted by atomic mass is 10.0. The maximum absolute atomic E-state index is 13.0. The van der Waals surface area contributed by atoms with Crippen LogP contribution in [0.2, 0.25) is 0 Å². The molecule has 0 aromatic heterocycles. The minimum atomic E-state index is -1.39. The summed E-state index contributed by atoms with van der Waals surface area (Å²) >= 11 is 0. The molecule has 0 spiro atoms. The van der Waals surface area contributed by atoms with Crippen molar-refractivity contribution in [2.24, 2.45) is 0 Å². The van der Waals surface area contributed by atoms with Gasteiger partial charge in [-0.2, -0.15) is 0 Å². The van der Waals surface area contributed by atoms with Crippen molar-refractivity contribution in [3.63, 3.8) is 0 Å². The Balaban J connectivity index is 3.80. The highest BCUT2D eigenvalue weighted by molar-refractivity contribution is 4.80. The van der Waals surface area contributed by atoms with Crippen LogP contribution in [0.15, 0.2) is 0 Å². The van der Waals surface area contributed by atoms with Crippen LogP contribution in [0.3, 0.4) is 0 Å². The third kappa shape index (κ3) is 5.46. The molecule has 1 atom stereocenters. The summed E-state index contributed by atoms with van der Waals surface area (Å²) in [5, 5.41) is 20.9. The average molecular weight is 179 g/mol. The first-order chi connectivity index (χ1) is 5.13. The van der Waals surface area contributed by atoms with E-state index in [9.17, 15) is 14.6 Å². The van der Waals surface area contributed by atoms with Crippen molar-refractivity contribution >= 4 is 0 Å². The number of halogens is 1. The molecule has 12 heavy (non-hydrogen) atoms. The molecular weight excluding hydrogens is 161 g/mol. The predicted octanol–water partition coefficient (Wildman–Crippen LogP) is 0.413. The van der Waals surface area contributed by atoms with Crippen LogP contribution in [-0.4, -0.2) is 34.3 Å². The van der Waals surface area contributed by atoms with E-state index in [1.807, 2.05) is 0 Å². The van der Waals surface area contributed by atoms with Gasteiger partial charge in [0.15, 0.2) is 0 Å². The predicted molar refractivity (Wildman–Crippen MR) is 45.5 cm³/mol. The van der Waals surface area contributed by atoms with Gasteiger partial charge in [-0.15, -0.1) is 0 Å². The molecule has 3 N–H and O–H groups in total. The summed E-state index contributed by atoms with van der Waals surface area (Å²) in [6.45, 7) is 5.76. The number of aliphatic hydroxyl groups is 2. The van der Waals surface area contributed by atoms with Crippen molar-refractivity contribution in [2.45, 2.75) is 45.2 Å². The van der Waals surface area contributed by atoms with Crippen molar-refractivity contribution in [3.8, 4) is 0 Å². The molecule has 0 radical (unpaired) electrons. The first-order valence-corrected chi connectivity index (χ1v) is 3.97. The van der Waals surface area contributed by atoms with Gasteiger partial charge in [0.1, 0.15) is 11.9 Å². The highest BCUT2D eigenvalue weighted by atomic mass is 19.1. The number of nitrogens with one attached hydrogen (secondary N) is 1. The Kier molecular flexibility index (Phi) is 3.62. The molecule has 0 aliphatic rings. The third-order valence-electron chi connectivity index (χ3n) is 1.48. The number of hydrogen-bond donors (Lipinski definition) is 3. The number of hydrogen-bond acceptors (Lipinski definition) is 3. The van der Waals surface area contributed by atoms with Gasteiger partial charge >= 0.3 is 0 Å². The molecule has 0 heterocycles. The van der Waals surface area contributed by atoms with Crippen molar-refractivity contribution in [1.82, 2.24) is 5.32 Å². The molecule has 4 heteroatoms. The van der Waals surface area contributed by atoms with Gasteiger partial charge in [0.2, 0.25) is 0 Å². The standard InChI is InChI=1S/C8H18FNO2/c1-7(2,11)6(9)5-10-8(3,4)12/h6,10-12H,5H2,1-4H3. The zero-order valence-electron chi connectivity index (χ0n) is 8.06. The number of alkyl halides is 1. The van der Waals surface area contributed by atoms with Gasteiger partial charge in [-0.05, 0) is 27.7 Å². The first kappa shape index (κ1) is 11.8. The summed E-state index contributed by atoms with van der Waals surface area (Å²) < 4.78 is 13.0. The zero-order valence-corrected chi connectivity index (χ0v) is 8.06. The van der Waals surface area contributed by atoms with Crippen molar-refractivity contribution in [2.75, 3.05) is 6.54 Å². The molecule has 74 valence electrons. The number of rotatable bonds is 4. The minimum absolute atomic E-state index is 0.0625. The molecular formula is C8H18FNO2. The Bertz CT molecular complexity index is 137. The molecule has 0 saturated heterocycles. The topological polar surface area (TPSA) is 52.5 Å².